The van der Waals surface area contributed by atoms with E-state index in [0.29, 0.717) is 10.8 Å². The lowest BCUT2D eigenvalue weighted by molar-refractivity contribution is -0.121. The van der Waals surface area contributed by atoms with E-state index < -0.39 is 0 Å². The first kappa shape index (κ1) is 13.3. The van der Waals surface area contributed by atoms with Crippen LogP contribution < -0.4 is 10.6 Å². The third kappa shape index (κ3) is 3.41. The summed E-state index contributed by atoms with van der Waals surface area (Å²) in [5.74, 6) is 0.498. The van der Waals surface area contributed by atoms with Crippen LogP contribution in [0.3, 0.4) is 0 Å². The zero-order valence-corrected chi connectivity index (χ0v) is 11.1. The zero-order valence-electron chi connectivity index (χ0n) is 10.3. The lowest BCUT2D eigenvalue weighted by Crippen LogP contribution is -2.51. The number of anilines is 1. The molecule has 1 aliphatic rings. The molecule has 0 aliphatic carbocycles. The highest BCUT2D eigenvalue weighted by atomic mass is 35.5. The normalized spacial score (nSPS) is 18.3. The highest BCUT2D eigenvalue weighted by molar-refractivity contribution is 6.30. The van der Waals surface area contributed by atoms with E-state index >= 15 is 0 Å². The van der Waals surface area contributed by atoms with Crippen LogP contribution in [0.1, 0.15) is 6.92 Å². The van der Waals surface area contributed by atoms with E-state index in [4.69, 9.17) is 11.6 Å². The average molecular weight is 269 g/mol. The maximum Gasteiger partial charge on any atom is 0.242 e. The van der Waals surface area contributed by atoms with Crippen LogP contribution >= 0.6 is 11.6 Å². The van der Waals surface area contributed by atoms with Crippen LogP contribution in [-0.2, 0) is 4.79 Å². The van der Waals surface area contributed by atoms with Crippen molar-refractivity contribution in [3.05, 3.63) is 23.4 Å². The van der Waals surface area contributed by atoms with Crippen molar-refractivity contribution in [3.8, 4) is 0 Å². The quantitative estimate of drug-likeness (QED) is 0.858. The van der Waals surface area contributed by atoms with E-state index in [1.54, 1.807) is 12.1 Å². The molecular formula is C12H17ClN4O. The Kier molecular flexibility index (Phi) is 4.52. The number of halogens is 1. The minimum absolute atomic E-state index is 0.0354. The monoisotopic (exact) mass is 268 g/mol. The Morgan fingerprint density at radius 2 is 2.22 bits per heavy atom. The number of pyridine rings is 1. The second kappa shape index (κ2) is 6.13. The Morgan fingerprint density at radius 3 is 2.83 bits per heavy atom. The zero-order chi connectivity index (χ0) is 13.0. The maximum absolute atomic E-state index is 12.1. The van der Waals surface area contributed by atoms with Gasteiger partial charge in [-0.05, 0) is 19.1 Å². The summed E-state index contributed by atoms with van der Waals surface area (Å²) in [5.41, 5.74) is 0. The minimum atomic E-state index is -0.149. The van der Waals surface area contributed by atoms with Gasteiger partial charge >= 0.3 is 0 Å². The molecule has 1 unspecified atom stereocenters. The molecule has 6 heteroatoms. The first-order valence-electron chi connectivity index (χ1n) is 6.04. The molecular weight excluding hydrogens is 252 g/mol. The van der Waals surface area contributed by atoms with E-state index in [-0.39, 0.29) is 11.9 Å². The lowest BCUT2D eigenvalue weighted by Gasteiger charge is -2.31. The summed E-state index contributed by atoms with van der Waals surface area (Å²) in [6.45, 7) is 5.55. The molecule has 1 atom stereocenters. The van der Waals surface area contributed by atoms with Gasteiger partial charge in [0.2, 0.25) is 5.91 Å². The summed E-state index contributed by atoms with van der Waals surface area (Å²) in [4.78, 5) is 18.3. The number of carbonyl (C=O) groups is 1. The fraction of sp³-hybridized carbons (Fsp3) is 0.500. The third-order valence-electron chi connectivity index (χ3n) is 3.06. The van der Waals surface area contributed by atoms with Crippen molar-refractivity contribution in [1.82, 2.24) is 15.2 Å². The number of hydrogen-bond donors (Lipinski definition) is 2. The molecule has 0 radical (unpaired) electrons. The number of amides is 1. The summed E-state index contributed by atoms with van der Waals surface area (Å²) in [7, 11) is 0. The number of aromatic nitrogens is 1. The van der Waals surface area contributed by atoms with Gasteiger partial charge in [0.15, 0.2) is 0 Å². The molecule has 0 bridgehead atoms. The molecule has 0 spiro atoms. The molecule has 2 heterocycles. The number of nitrogens with one attached hydrogen (secondary N) is 2. The first-order chi connectivity index (χ1) is 8.66. The summed E-state index contributed by atoms with van der Waals surface area (Å²) in [5, 5.41) is 6.62. The minimum Gasteiger partial charge on any atom is -0.314 e. The Labute approximate surface area is 112 Å². The summed E-state index contributed by atoms with van der Waals surface area (Å²) in [6, 6.07) is 3.26. The fourth-order valence-corrected chi connectivity index (χ4v) is 2.03. The van der Waals surface area contributed by atoms with E-state index in [2.05, 4.69) is 20.5 Å². The molecule has 98 valence electrons. The van der Waals surface area contributed by atoms with Gasteiger partial charge < -0.3 is 10.6 Å². The van der Waals surface area contributed by atoms with E-state index in [1.165, 1.54) is 6.20 Å². The van der Waals surface area contributed by atoms with Crippen LogP contribution in [0.25, 0.3) is 0 Å². The molecule has 0 aromatic carbocycles. The smallest absolute Gasteiger partial charge is 0.242 e. The van der Waals surface area contributed by atoms with Crippen molar-refractivity contribution >= 4 is 23.3 Å². The Balaban J connectivity index is 1.92. The van der Waals surface area contributed by atoms with Gasteiger partial charge in [-0.1, -0.05) is 11.6 Å². The second-order valence-corrected chi connectivity index (χ2v) is 4.75. The van der Waals surface area contributed by atoms with E-state index in [0.717, 1.165) is 26.2 Å². The SMILES string of the molecule is CC(C(=O)Nc1ccc(Cl)cn1)N1CCNCC1. The summed E-state index contributed by atoms with van der Waals surface area (Å²) >= 11 is 5.74. The number of hydrogen-bond acceptors (Lipinski definition) is 4. The van der Waals surface area contributed by atoms with Crippen LogP contribution in [0.15, 0.2) is 18.3 Å². The highest BCUT2D eigenvalue weighted by Crippen LogP contribution is 2.11. The van der Waals surface area contributed by atoms with Crippen molar-refractivity contribution in [1.29, 1.82) is 0 Å². The molecule has 2 N–H and O–H groups in total. The summed E-state index contributed by atoms with van der Waals surface area (Å²) < 4.78 is 0. The summed E-state index contributed by atoms with van der Waals surface area (Å²) in [6.07, 6.45) is 1.52. The van der Waals surface area contributed by atoms with Gasteiger partial charge in [0.1, 0.15) is 5.82 Å². The van der Waals surface area contributed by atoms with Crippen LogP contribution in [-0.4, -0.2) is 48.0 Å². The fourth-order valence-electron chi connectivity index (χ4n) is 1.92. The van der Waals surface area contributed by atoms with Crippen molar-refractivity contribution in [2.24, 2.45) is 0 Å². The van der Waals surface area contributed by atoms with Crippen LogP contribution in [0.5, 0.6) is 0 Å². The van der Waals surface area contributed by atoms with Gasteiger partial charge in [-0.2, -0.15) is 0 Å². The predicted octanol–water partition coefficient (Wildman–Crippen LogP) is 0.967. The van der Waals surface area contributed by atoms with Crippen LogP contribution in [0.2, 0.25) is 5.02 Å². The molecule has 1 saturated heterocycles. The van der Waals surface area contributed by atoms with Gasteiger partial charge in [0.05, 0.1) is 11.1 Å². The number of nitrogens with zero attached hydrogens (tertiary/aromatic N) is 2. The molecule has 2 rings (SSSR count). The maximum atomic E-state index is 12.1. The van der Waals surface area contributed by atoms with Crippen molar-refractivity contribution < 1.29 is 4.79 Å². The predicted molar refractivity (Wildman–Crippen MR) is 71.8 cm³/mol. The third-order valence-corrected chi connectivity index (χ3v) is 3.28. The van der Waals surface area contributed by atoms with Gasteiger partial charge in [-0.15, -0.1) is 0 Å². The Morgan fingerprint density at radius 1 is 1.50 bits per heavy atom. The number of rotatable bonds is 3. The second-order valence-electron chi connectivity index (χ2n) is 4.31. The number of piperazine rings is 1. The van der Waals surface area contributed by atoms with Crippen LogP contribution in [0.4, 0.5) is 5.82 Å². The Hall–Kier alpha value is -1.17. The standard InChI is InChI=1S/C12H17ClN4O/c1-9(17-6-4-14-5-7-17)12(18)16-11-3-2-10(13)8-15-11/h2-3,8-9,14H,4-7H2,1H3,(H,15,16,18). The van der Waals surface area contributed by atoms with Gasteiger partial charge in [-0.25, -0.2) is 4.98 Å². The molecule has 1 amide bonds. The Bertz CT molecular complexity index is 403. The van der Waals surface area contributed by atoms with Gasteiger partial charge in [-0.3, -0.25) is 9.69 Å². The molecule has 1 fully saturated rings. The van der Waals surface area contributed by atoms with Crippen molar-refractivity contribution in [3.63, 3.8) is 0 Å². The molecule has 5 nitrogen and oxygen atoms in total. The van der Waals surface area contributed by atoms with E-state index in [9.17, 15) is 4.79 Å². The topological polar surface area (TPSA) is 57.3 Å². The molecule has 18 heavy (non-hydrogen) atoms. The van der Waals surface area contributed by atoms with Gasteiger partial charge in [0.25, 0.3) is 0 Å². The molecule has 1 aromatic rings. The molecule has 1 aromatic heterocycles. The largest absolute Gasteiger partial charge is 0.314 e. The average Bonchev–Trinajstić information content (AvgIpc) is 2.41. The van der Waals surface area contributed by atoms with Crippen molar-refractivity contribution in [2.75, 3.05) is 31.5 Å². The molecule has 1 aliphatic heterocycles. The van der Waals surface area contributed by atoms with E-state index in [1.807, 2.05) is 6.92 Å². The number of carbonyl (C=O) groups excluding carboxylic acids is 1. The van der Waals surface area contributed by atoms with Crippen molar-refractivity contribution in [2.45, 2.75) is 13.0 Å². The first-order valence-corrected chi connectivity index (χ1v) is 6.42. The molecule has 0 saturated carbocycles. The van der Waals surface area contributed by atoms with Crippen LogP contribution in [0, 0.1) is 0 Å². The van der Waals surface area contributed by atoms with Gasteiger partial charge in [0, 0.05) is 32.4 Å². The lowest BCUT2D eigenvalue weighted by atomic mass is 10.2. The highest BCUT2D eigenvalue weighted by Gasteiger charge is 2.22.